The Labute approximate surface area is 125 Å². The Balaban J connectivity index is 1.86. The van der Waals surface area contributed by atoms with Gasteiger partial charge in [-0.15, -0.1) is 0 Å². The van der Waals surface area contributed by atoms with Crippen molar-refractivity contribution in [1.82, 2.24) is 0 Å². The van der Waals surface area contributed by atoms with E-state index in [2.05, 4.69) is 29.6 Å². The summed E-state index contributed by atoms with van der Waals surface area (Å²) in [6, 6.07) is 16.5. The zero-order chi connectivity index (χ0) is 13.9. The lowest BCUT2D eigenvalue weighted by Crippen LogP contribution is -2.21. The SMILES string of the molecule is NCC(Nc1cccc(Cl)c1)c1ccccc1C1CC1. The van der Waals surface area contributed by atoms with Crippen LogP contribution >= 0.6 is 11.6 Å². The highest BCUT2D eigenvalue weighted by molar-refractivity contribution is 6.30. The summed E-state index contributed by atoms with van der Waals surface area (Å²) in [6.07, 6.45) is 2.59. The Bertz CT molecular complexity index is 593. The Morgan fingerprint density at radius 3 is 2.65 bits per heavy atom. The summed E-state index contributed by atoms with van der Waals surface area (Å²) in [7, 11) is 0. The van der Waals surface area contributed by atoms with Gasteiger partial charge in [0.15, 0.2) is 0 Å². The van der Waals surface area contributed by atoms with Crippen LogP contribution in [0.25, 0.3) is 0 Å². The van der Waals surface area contributed by atoms with E-state index in [9.17, 15) is 0 Å². The summed E-state index contributed by atoms with van der Waals surface area (Å²) < 4.78 is 0. The highest BCUT2D eigenvalue weighted by atomic mass is 35.5. The fourth-order valence-electron chi connectivity index (χ4n) is 2.64. The normalized spacial score (nSPS) is 15.9. The highest BCUT2D eigenvalue weighted by Crippen LogP contribution is 2.43. The summed E-state index contributed by atoms with van der Waals surface area (Å²) in [5, 5.41) is 4.24. The maximum absolute atomic E-state index is 6.04. The van der Waals surface area contributed by atoms with E-state index in [1.54, 1.807) is 0 Å². The Hall–Kier alpha value is -1.51. The molecule has 0 radical (unpaired) electrons. The number of benzene rings is 2. The molecule has 2 aromatic carbocycles. The van der Waals surface area contributed by atoms with Crippen LogP contribution in [-0.2, 0) is 0 Å². The maximum Gasteiger partial charge on any atom is 0.0638 e. The van der Waals surface area contributed by atoms with Gasteiger partial charge in [-0.25, -0.2) is 0 Å². The molecule has 0 bridgehead atoms. The lowest BCUT2D eigenvalue weighted by Gasteiger charge is -2.21. The van der Waals surface area contributed by atoms with E-state index >= 15 is 0 Å². The molecule has 0 spiro atoms. The molecule has 0 saturated heterocycles. The first-order chi connectivity index (χ1) is 9.78. The minimum absolute atomic E-state index is 0.130. The van der Waals surface area contributed by atoms with Crippen molar-refractivity contribution >= 4 is 17.3 Å². The third-order valence-electron chi connectivity index (χ3n) is 3.79. The van der Waals surface area contributed by atoms with Gasteiger partial charge in [-0.3, -0.25) is 0 Å². The Morgan fingerprint density at radius 1 is 1.15 bits per heavy atom. The monoisotopic (exact) mass is 286 g/mol. The standard InChI is InChI=1S/C17H19ClN2/c18-13-4-3-5-14(10-13)20-17(11-19)16-7-2-1-6-15(16)12-8-9-12/h1-7,10,12,17,20H,8-9,11,19H2. The molecular formula is C17H19ClN2. The van der Waals surface area contributed by atoms with Crippen molar-refractivity contribution in [3.63, 3.8) is 0 Å². The number of nitrogens with one attached hydrogen (secondary N) is 1. The van der Waals surface area contributed by atoms with Gasteiger partial charge in [0.1, 0.15) is 0 Å². The summed E-state index contributed by atoms with van der Waals surface area (Å²) >= 11 is 6.04. The number of hydrogen-bond donors (Lipinski definition) is 2. The molecule has 1 aliphatic carbocycles. The fourth-order valence-corrected chi connectivity index (χ4v) is 2.83. The highest BCUT2D eigenvalue weighted by Gasteiger charge is 2.27. The molecule has 1 saturated carbocycles. The van der Waals surface area contributed by atoms with Crippen LogP contribution in [0, 0.1) is 0 Å². The van der Waals surface area contributed by atoms with Gasteiger partial charge in [-0.05, 0) is 48.1 Å². The summed E-state index contributed by atoms with van der Waals surface area (Å²) in [5.41, 5.74) is 9.76. The first-order valence-corrected chi connectivity index (χ1v) is 7.46. The van der Waals surface area contributed by atoms with Crippen LogP contribution in [0.3, 0.4) is 0 Å². The van der Waals surface area contributed by atoms with Crippen molar-refractivity contribution in [2.45, 2.75) is 24.8 Å². The lowest BCUT2D eigenvalue weighted by atomic mass is 9.97. The summed E-state index contributed by atoms with van der Waals surface area (Å²) in [6.45, 7) is 0.566. The molecule has 0 aromatic heterocycles. The second-order valence-electron chi connectivity index (χ2n) is 5.35. The molecule has 1 atom stereocenters. The lowest BCUT2D eigenvalue weighted by molar-refractivity contribution is 0.776. The molecule has 3 rings (SSSR count). The summed E-state index contributed by atoms with van der Waals surface area (Å²) in [5.74, 6) is 0.724. The van der Waals surface area contributed by atoms with Crippen molar-refractivity contribution in [3.05, 3.63) is 64.7 Å². The molecule has 20 heavy (non-hydrogen) atoms. The molecule has 3 heteroatoms. The van der Waals surface area contributed by atoms with Gasteiger partial charge < -0.3 is 11.1 Å². The van der Waals surface area contributed by atoms with Crippen molar-refractivity contribution in [3.8, 4) is 0 Å². The number of rotatable bonds is 5. The van der Waals surface area contributed by atoms with Crippen LogP contribution in [0.5, 0.6) is 0 Å². The van der Waals surface area contributed by atoms with Crippen molar-refractivity contribution in [2.75, 3.05) is 11.9 Å². The molecular weight excluding hydrogens is 268 g/mol. The minimum Gasteiger partial charge on any atom is -0.377 e. The van der Waals surface area contributed by atoms with Crippen molar-refractivity contribution in [1.29, 1.82) is 0 Å². The van der Waals surface area contributed by atoms with Gasteiger partial charge in [0.2, 0.25) is 0 Å². The first kappa shape index (κ1) is 13.5. The molecule has 1 fully saturated rings. The molecule has 104 valence electrons. The molecule has 0 heterocycles. The number of hydrogen-bond acceptors (Lipinski definition) is 2. The first-order valence-electron chi connectivity index (χ1n) is 7.09. The smallest absolute Gasteiger partial charge is 0.0638 e. The van der Waals surface area contributed by atoms with E-state index in [4.69, 9.17) is 17.3 Å². The molecule has 1 unspecified atom stereocenters. The van der Waals surface area contributed by atoms with Crippen molar-refractivity contribution < 1.29 is 0 Å². The predicted molar refractivity (Wildman–Crippen MR) is 85.3 cm³/mol. The zero-order valence-corrected chi connectivity index (χ0v) is 12.1. The van der Waals surface area contributed by atoms with Crippen LogP contribution in [0.15, 0.2) is 48.5 Å². The molecule has 3 N–H and O–H groups in total. The van der Waals surface area contributed by atoms with E-state index in [0.29, 0.717) is 6.54 Å². The molecule has 1 aliphatic rings. The molecule has 0 amide bonds. The van der Waals surface area contributed by atoms with E-state index in [1.165, 1.54) is 24.0 Å². The second kappa shape index (κ2) is 5.86. The number of anilines is 1. The predicted octanol–water partition coefficient (Wildman–Crippen LogP) is 4.33. The average molecular weight is 287 g/mol. The van der Waals surface area contributed by atoms with Gasteiger partial charge >= 0.3 is 0 Å². The van der Waals surface area contributed by atoms with E-state index < -0.39 is 0 Å². The maximum atomic E-state index is 6.04. The van der Waals surface area contributed by atoms with Crippen LogP contribution in [-0.4, -0.2) is 6.54 Å². The van der Waals surface area contributed by atoms with Gasteiger partial charge in [-0.1, -0.05) is 41.9 Å². The summed E-state index contributed by atoms with van der Waals surface area (Å²) in [4.78, 5) is 0. The van der Waals surface area contributed by atoms with Crippen LogP contribution in [0.1, 0.15) is 35.9 Å². The molecule has 0 aliphatic heterocycles. The van der Waals surface area contributed by atoms with E-state index in [1.807, 2.05) is 24.3 Å². The number of halogens is 1. The number of nitrogens with two attached hydrogens (primary N) is 1. The Kier molecular flexibility index (Phi) is 3.95. The van der Waals surface area contributed by atoms with Crippen molar-refractivity contribution in [2.24, 2.45) is 5.73 Å². The topological polar surface area (TPSA) is 38.0 Å². The fraction of sp³-hybridized carbons (Fsp3) is 0.294. The van der Waals surface area contributed by atoms with Crippen LogP contribution < -0.4 is 11.1 Å². The third-order valence-corrected chi connectivity index (χ3v) is 4.02. The zero-order valence-electron chi connectivity index (χ0n) is 11.4. The van der Waals surface area contributed by atoms with E-state index in [0.717, 1.165) is 16.6 Å². The van der Waals surface area contributed by atoms with Crippen LogP contribution in [0.4, 0.5) is 5.69 Å². The average Bonchev–Trinajstić information content (AvgIpc) is 3.29. The molecule has 2 nitrogen and oxygen atoms in total. The van der Waals surface area contributed by atoms with Gasteiger partial charge in [0.05, 0.1) is 6.04 Å². The molecule has 2 aromatic rings. The van der Waals surface area contributed by atoms with Gasteiger partial charge in [0.25, 0.3) is 0 Å². The largest absolute Gasteiger partial charge is 0.377 e. The Morgan fingerprint density at radius 2 is 1.95 bits per heavy atom. The van der Waals surface area contributed by atoms with E-state index in [-0.39, 0.29) is 6.04 Å². The minimum atomic E-state index is 0.130. The second-order valence-corrected chi connectivity index (χ2v) is 5.78. The quantitative estimate of drug-likeness (QED) is 0.858. The van der Waals surface area contributed by atoms with Gasteiger partial charge in [0, 0.05) is 17.3 Å². The van der Waals surface area contributed by atoms with Gasteiger partial charge in [-0.2, -0.15) is 0 Å². The third kappa shape index (κ3) is 2.97. The van der Waals surface area contributed by atoms with Crippen LogP contribution in [0.2, 0.25) is 5.02 Å².